The minimum atomic E-state index is -0.316. The normalized spacial score (nSPS) is 24.1. The molecule has 1 fully saturated rings. The highest BCUT2D eigenvalue weighted by Gasteiger charge is 2.49. The van der Waals surface area contributed by atoms with Gasteiger partial charge in [0.25, 0.3) is 5.95 Å². The summed E-state index contributed by atoms with van der Waals surface area (Å²) in [5.74, 6) is -0.406. The van der Waals surface area contributed by atoms with Crippen LogP contribution in [0.1, 0.15) is 30.0 Å². The number of allylic oxidation sites excluding steroid dienone is 3. The van der Waals surface area contributed by atoms with Crippen LogP contribution in [0.2, 0.25) is 0 Å². The lowest BCUT2D eigenvalue weighted by Crippen LogP contribution is -2.32. The van der Waals surface area contributed by atoms with E-state index in [9.17, 15) is 9.59 Å². The highest BCUT2D eigenvalue weighted by molar-refractivity contribution is 6.21. The predicted molar refractivity (Wildman–Crippen MR) is 120 cm³/mol. The maximum Gasteiger partial charge on any atom is 0.260 e. The van der Waals surface area contributed by atoms with E-state index in [-0.39, 0.29) is 35.6 Å². The smallest absolute Gasteiger partial charge is 0.260 e. The zero-order valence-electron chi connectivity index (χ0n) is 17.3. The van der Waals surface area contributed by atoms with Crippen LogP contribution < -0.4 is 10.2 Å². The number of carbonyl (C=O) groups excluding carboxylic acids is 2. The molecule has 0 spiro atoms. The number of fused-ring (bicyclic) bond motifs is 2. The molecule has 3 heterocycles. The topological polar surface area (TPSA) is 80.1 Å². The van der Waals surface area contributed by atoms with E-state index in [1.807, 2.05) is 72.8 Å². The summed E-state index contributed by atoms with van der Waals surface area (Å²) >= 11 is 0. The van der Waals surface area contributed by atoms with Crippen LogP contribution in [-0.2, 0) is 9.59 Å². The number of carbonyl (C=O) groups is 2. The van der Waals surface area contributed by atoms with E-state index in [1.54, 1.807) is 4.68 Å². The lowest BCUT2D eigenvalue weighted by molar-refractivity contribution is -0.122. The molecule has 158 valence electrons. The minimum Gasteiger partial charge on any atom is -0.324 e. The summed E-state index contributed by atoms with van der Waals surface area (Å²) < 4.78 is 1.75. The van der Waals surface area contributed by atoms with Crippen LogP contribution in [0.5, 0.6) is 0 Å². The van der Waals surface area contributed by atoms with E-state index in [2.05, 4.69) is 21.5 Å². The summed E-state index contributed by atoms with van der Waals surface area (Å²) in [6, 6.07) is 19.8. The summed E-state index contributed by atoms with van der Waals surface area (Å²) in [5, 5.41) is 7.98. The Morgan fingerprint density at radius 3 is 2.12 bits per heavy atom. The molecular weight excluding hydrogens is 402 g/mol. The number of hydrogen-bond donors (Lipinski definition) is 1. The number of anilines is 2. The van der Waals surface area contributed by atoms with Crippen LogP contribution in [0.15, 0.2) is 78.9 Å². The first kappa shape index (κ1) is 18.7. The fraction of sp³-hybridized carbons (Fsp3) is 0.200. The van der Waals surface area contributed by atoms with Crippen LogP contribution in [-0.4, -0.2) is 26.6 Å². The Labute approximate surface area is 185 Å². The number of hydrogen-bond acceptors (Lipinski definition) is 5. The molecule has 2 amide bonds. The molecule has 2 aliphatic heterocycles. The van der Waals surface area contributed by atoms with Gasteiger partial charge in [-0.05, 0) is 30.0 Å². The van der Waals surface area contributed by atoms with Crippen molar-refractivity contribution in [1.82, 2.24) is 14.8 Å². The molecule has 1 aromatic heterocycles. The Morgan fingerprint density at radius 1 is 0.844 bits per heavy atom. The van der Waals surface area contributed by atoms with Crippen molar-refractivity contribution in [3.63, 3.8) is 0 Å². The number of imide groups is 1. The van der Waals surface area contributed by atoms with Gasteiger partial charge in [-0.25, -0.2) is 9.58 Å². The predicted octanol–water partition coefficient (Wildman–Crippen LogP) is 3.79. The van der Waals surface area contributed by atoms with Crippen molar-refractivity contribution in [3.05, 3.63) is 90.0 Å². The SMILES string of the molecule is O=C1[C@@H]2CC=CC[C@H]2C(=O)N1c1nc2n(n1)[C@H](c1ccccc1)C=C(c1ccccc1)N2. The summed E-state index contributed by atoms with van der Waals surface area (Å²) in [6.45, 7) is 0. The first-order valence-electron chi connectivity index (χ1n) is 10.8. The quantitative estimate of drug-likeness (QED) is 0.512. The lowest BCUT2D eigenvalue weighted by atomic mass is 9.85. The Morgan fingerprint density at radius 2 is 1.47 bits per heavy atom. The fourth-order valence-electron chi connectivity index (χ4n) is 4.75. The second kappa shape index (κ2) is 7.30. The molecule has 32 heavy (non-hydrogen) atoms. The molecule has 0 radical (unpaired) electrons. The molecule has 3 aliphatic rings. The Hall–Kier alpha value is -4.00. The van der Waals surface area contributed by atoms with Crippen molar-refractivity contribution < 1.29 is 9.59 Å². The van der Waals surface area contributed by atoms with Gasteiger partial charge in [-0.1, -0.05) is 72.8 Å². The van der Waals surface area contributed by atoms with E-state index in [4.69, 9.17) is 0 Å². The molecule has 0 bridgehead atoms. The molecule has 7 nitrogen and oxygen atoms in total. The van der Waals surface area contributed by atoms with Crippen LogP contribution in [0.3, 0.4) is 0 Å². The first-order valence-corrected chi connectivity index (χ1v) is 10.8. The largest absolute Gasteiger partial charge is 0.324 e. The van der Waals surface area contributed by atoms with Gasteiger partial charge in [-0.15, -0.1) is 5.10 Å². The monoisotopic (exact) mass is 423 g/mol. The van der Waals surface area contributed by atoms with Crippen molar-refractivity contribution in [2.45, 2.75) is 18.9 Å². The number of aromatic nitrogens is 3. The molecule has 3 atom stereocenters. The average molecular weight is 423 g/mol. The minimum absolute atomic E-state index is 0.139. The van der Waals surface area contributed by atoms with Crippen molar-refractivity contribution in [1.29, 1.82) is 0 Å². The van der Waals surface area contributed by atoms with Gasteiger partial charge in [0.1, 0.15) is 6.04 Å². The van der Waals surface area contributed by atoms with Crippen molar-refractivity contribution >= 4 is 29.4 Å². The first-order chi connectivity index (χ1) is 15.7. The highest BCUT2D eigenvalue weighted by Crippen LogP contribution is 2.39. The molecule has 0 saturated carbocycles. The highest BCUT2D eigenvalue weighted by atomic mass is 16.2. The number of nitrogens with zero attached hydrogens (tertiary/aromatic N) is 4. The molecule has 1 saturated heterocycles. The number of amides is 2. The summed E-state index contributed by atoms with van der Waals surface area (Å²) in [6.07, 6.45) is 7.22. The van der Waals surface area contributed by atoms with Crippen LogP contribution in [0.25, 0.3) is 5.70 Å². The molecule has 7 heteroatoms. The van der Waals surface area contributed by atoms with E-state index in [1.165, 1.54) is 4.90 Å². The third kappa shape index (κ3) is 2.89. The standard InChI is InChI=1S/C25H21N5O2/c31-22-18-13-7-8-14-19(18)23(32)29(22)25-27-24-26-20(16-9-3-1-4-10-16)15-21(30(24)28-25)17-11-5-2-6-12-17/h1-12,15,18-19,21H,13-14H2,(H,26,27,28)/t18-,19-,21+/m1/s1. The zero-order chi connectivity index (χ0) is 21.7. The van der Waals surface area contributed by atoms with Crippen LogP contribution in [0, 0.1) is 11.8 Å². The third-order valence-corrected chi connectivity index (χ3v) is 6.39. The lowest BCUT2D eigenvalue weighted by Gasteiger charge is -2.24. The van der Waals surface area contributed by atoms with Gasteiger partial charge >= 0.3 is 0 Å². The van der Waals surface area contributed by atoms with Gasteiger partial charge in [0.15, 0.2) is 0 Å². The van der Waals surface area contributed by atoms with E-state index in [0.717, 1.165) is 16.8 Å². The Balaban J connectivity index is 1.42. The maximum atomic E-state index is 13.0. The molecule has 3 aromatic rings. The summed E-state index contributed by atoms with van der Waals surface area (Å²) in [5.41, 5.74) is 2.97. The second-order valence-corrected chi connectivity index (χ2v) is 8.27. The molecule has 1 aliphatic carbocycles. The molecule has 2 aromatic carbocycles. The number of nitrogens with one attached hydrogen (secondary N) is 1. The maximum absolute atomic E-state index is 13.0. The van der Waals surface area contributed by atoms with Gasteiger partial charge in [-0.2, -0.15) is 4.98 Å². The van der Waals surface area contributed by atoms with E-state index in [0.29, 0.717) is 18.8 Å². The van der Waals surface area contributed by atoms with Crippen molar-refractivity contribution in [2.24, 2.45) is 11.8 Å². The van der Waals surface area contributed by atoms with Gasteiger partial charge in [0, 0.05) is 5.70 Å². The third-order valence-electron chi connectivity index (χ3n) is 6.39. The van der Waals surface area contributed by atoms with Crippen molar-refractivity contribution in [2.75, 3.05) is 10.2 Å². The van der Waals surface area contributed by atoms with Crippen molar-refractivity contribution in [3.8, 4) is 0 Å². The van der Waals surface area contributed by atoms with Gasteiger partial charge in [-0.3, -0.25) is 9.59 Å². The van der Waals surface area contributed by atoms with Crippen LogP contribution in [0.4, 0.5) is 11.9 Å². The molecular formula is C25H21N5O2. The second-order valence-electron chi connectivity index (χ2n) is 8.27. The number of benzene rings is 2. The Bertz CT molecular complexity index is 1240. The average Bonchev–Trinajstić information content (AvgIpc) is 3.38. The number of rotatable bonds is 3. The Kier molecular flexibility index (Phi) is 4.28. The summed E-state index contributed by atoms with van der Waals surface area (Å²) in [4.78, 5) is 31.9. The zero-order valence-corrected chi connectivity index (χ0v) is 17.3. The van der Waals surface area contributed by atoms with Crippen LogP contribution >= 0.6 is 0 Å². The van der Waals surface area contributed by atoms with E-state index < -0.39 is 0 Å². The molecule has 1 N–H and O–H groups in total. The molecule has 0 unspecified atom stereocenters. The van der Waals surface area contributed by atoms with Gasteiger partial charge < -0.3 is 5.32 Å². The van der Waals surface area contributed by atoms with Gasteiger partial charge in [0.2, 0.25) is 17.8 Å². The van der Waals surface area contributed by atoms with E-state index >= 15 is 0 Å². The fourth-order valence-corrected chi connectivity index (χ4v) is 4.75. The molecule has 6 rings (SSSR count). The summed E-state index contributed by atoms with van der Waals surface area (Å²) in [7, 11) is 0. The van der Waals surface area contributed by atoms with Gasteiger partial charge in [0.05, 0.1) is 11.8 Å².